The van der Waals surface area contributed by atoms with Crippen molar-refractivity contribution in [2.45, 2.75) is 46.0 Å². The molecule has 0 unspecified atom stereocenters. The van der Waals surface area contributed by atoms with Crippen molar-refractivity contribution in [2.75, 3.05) is 6.61 Å². The van der Waals surface area contributed by atoms with Gasteiger partial charge in [-0.1, -0.05) is 85.6 Å². The van der Waals surface area contributed by atoms with Gasteiger partial charge in [0.15, 0.2) is 0 Å². The van der Waals surface area contributed by atoms with Crippen molar-refractivity contribution in [2.24, 2.45) is 0 Å². The van der Waals surface area contributed by atoms with Crippen LogP contribution in [0, 0.1) is 6.92 Å². The fraction of sp³-hybridized carbons (Fsp3) is 0.308. The fourth-order valence-corrected chi connectivity index (χ4v) is 3.58. The number of benzene rings is 3. The Morgan fingerprint density at radius 2 is 1.33 bits per heavy atom. The van der Waals surface area contributed by atoms with E-state index in [0.29, 0.717) is 6.61 Å². The van der Waals surface area contributed by atoms with Crippen LogP contribution in [0.25, 0.3) is 22.3 Å². The Balaban J connectivity index is 1.77. The largest absolute Gasteiger partial charge is 0.396 e. The normalized spacial score (nSPS) is 10.9. The third-order valence-electron chi connectivity index (χ3n) is 5.25. The van der Waals surface area contributed by atoms with Gasteiger partial charge in [-0.2, -0.15) is 0 Å². The molecule has 0 heterocycles. The van der Waals surface area contributed by atoms with Crippen LogP contribution in [0.1, 0.15) is 42.9 Å². The molecular formula is C26H30O. The first-order valence-corrected chi connectivity index (χ1v) is 10.1. The van der Waals surface area contributed by atoms with E-state index in [0.717, 1.165) is 32.1 Å². The molecule has 0 fully saturated rings. The summed E-state index contributed by atoms with van der Waals surface area (Å²) in [6.45, 7) is 4.65. The molecule has 3 rings (SSSR count). The molecule has 0 saturated heterocycles. The maximum Gasteiger partial charge on any atom is 0.0431 e. The van der Waals surface area contributed by atoms with Crippen LogP contribution in [0.15, 0.2) is 66.7 Å². The highest BCUT2D eigenvalue weighted by Gasteiger charge is 2.06. The lowest BCUT2D eigenvalue weighted by atomic mass is 9.93. The molecule has 3 aromatic rings. The second kappa shape index (κ2) is 9.53. The summed E-state index contributed by atoms with van der Waals surface area (Å²) in [4.78, 5) is 0. The van der Waals surface area contributed by atoms with Crippen molar-refractivity contribution >= 4 is 0 Å². The maximum atomic E-state index is 8.91. The summed E-state index contributed by atoms with van der Waals surface area (Å²) in [5.41, 5.74) is 9.27. The molecule has 0 aliphatic rings. The molecule has 1 heteroatoms. The van der Waals surface area contributed by atoms with Crippen molar-refractivity contribution in [1.82, 2.24) is 0 Å². The van der Waals surface area contributed by atoms with Crippen molar-refractivity contribution < 1.29 is 5.11 Å². The van der Waals surface area contributed by atoms with Crippen molar-refractivity contribution in [3.05, 3.63) is 83.4 Å². The number of rotatable bonds is 8. The average molecular weight is 359 g/mol. The molecule has 0 aromatic heterocycles. The van der Waals surface area contributed by atoms with Crippen molar-refractivity contribution in [3.63, 3.8) is 0 Å². The van der Waals surface area contributed by atoms with Gasteiger partial charge in [0.25, 0.3) is 0 Å². The van der Waals surface area contributed by atoms with Crippen LogP contribution in [-0.2, 0) is 12.8 Å². The average Bonchev–Trinajstić information content (AvgIpc) is 2.72. The minimum atomic E-state index is 0.303. The fourth-order valence-electron chi connectivity index (χ4n) is 3.58. The molecular weight excluding hydrogens is 328 g/mol. The Bertz CT molecular complexity index is 844. The summed E-state index contributed by atoms with van der Waals surface area (Å²) in [6, 6.07) is 24.5. The third-order valence-corrected chi connectivity index (χ3v) is 5.25. The van der Waals surface area contributed by atoms with Crippen LogP contribution >= 0.6 is 0 Å². The predicted octanol–water partition coefficient (Wildman–Crippen LogP) is 6.60. The summed E-state index contributed by atoms with van der Waals surface area (Å²) in [5.74, 6) is 0. The molecule has 0 spiro atoms. The van der Waals surface area contributed by atoms with Crippen molar-refractivity contribution in [3.8, 4) is 22.3 Å². The van der Waals surface area contributed by atoms with Gasteiger partial charge in [0.1, 0.15) is 0 Å². The summed E-state index contributed by atoms with van der Waals surface area (Å²) < 4.78 is 0. The Morgan fingerprint density at radius 3 is 1.96 bits per heavy atom. The minimum Gasteiger partial charge on any atom is -0.396 e. The lowest BCUT2D eigenvalue weighted by Crippen LogP contribution is -1.93. The molecule has 0 amide bonds. The summed E-state index contributed by atoms with van der Waals surface area (Å²) in [6.07, 6.45) is 5.29. The summed E-state index contributed by atoms with van der Waals surface area (Å²) in [7, 11) is 0. The van der Waals surface area contributed by atoms with E-state index in [2.05, 4.69) is 80.6 Å². The van der Waals surface area contributed by atoms with Gasteiger partial charge < -0.3 is 5.11 Å². The second-order valence-corrected chi connectivity index (χ2v) is 7.32. The molecule has 0 radical (unpaired) electrons. The number of hydrogen-bond acceptors (Lipinski definition) is 1. The van der Waals surface area contributed by atoms with E-state index in [1.54, 1.807) is 0 Å². The Hall–Kier alpha value is -2.38. The van der Waals surface area contributed by atoms with E-state index in [1.165, 1.54) is 38.9 Å². The number of aliphatic hydroxyl groups is 1. The molecule has 27 heavy (non-hydrogen) atoms. The lowest BCUT2D eigenvalue weighted by Gasteiger charge is -2.12. The van der Waals surface area contributed by atoms with Crippen LogP contribution in [0.2, 0.25) is 0 Å². The number of aliphatic hydroxyl groups excluding tert-OH is 1. The quantitative estimate of drug-likeness (QED) is 0.450. The number of unbranched alkanes of at least 4 members (excludes halogenated alkanes) is 2. The Morgan fingerprint density at radius 1 is 0.704 bits per heavy atom. The van der Waals surface area contributed by atoms with E-state index in [9.17, 15) is 0 Å². The third kappa shape index (κ3) is 5.08. The predicted molar refractivity (Wildman–Crippen MR) is 116 cm³/mol. The van der Waals surface area contributed by atoms with Crippen LogP contribution in [0.3, 0.4) is 0 Å². The molecule has 0 aliphatic carbocycles. The summed E-state index contributed by atoms with van der Waals surface area (Å²) >= 11 is 0. The topological polar surface area (TPSA) is 20.2 Å². The van der Waals surface area contributed by atoms with E-state index in [1.807, 2.05) is 0 Å². The molecule has 140 valence electrons. The van der Waals surface area contributed by atoms with E-state index >= 15 is 0 Å². The molecule has 1 N–H and O–H groups in total. The zero-order valence-corrected chi connectivity index (χ0v) is 16.5. The second-order valence-electron chi connectivity index (χ2n) is 7.32. The highest BCUT2D eigenvalue weighted by Crippen LogP contribution is 2.29. The molecule has 0 aliphatic heterocycles. The molecule has 3 aromatic carbocycles. The van der Waals surface area contributed by atoms with E-state index < -0.39 is 0 Å². The smallest absolute Gasteiger partial charge is 0.0431 e. The van der Waals surface area contributed by atoms with Crippen LogP contribution < -0.4 is 0 Å². The van der Waals surface area contributed by atoms with E-state index in [4.69, 9.17) is 5.11 Å². The van der Waals surface area contributed by atoms with Gasteiger partial charge in [0, 0.05) is 6.61 Å². The van der Waals surface area contributed by atoms with Gasteiger partial charge in [-0.15, -0.1) is 0 Å². The van der Waals surface area contributed by atoms with Crippen molar-refractivity contribution in [1.29, 1.82) is 0 Å². The lowest BCUT2D eigenvalue weighted by molar-refractivity contribution is 0.283. The highest BCUT2D eigenvalue weighted by molar-refractivity contribution is 5.72. The van der Waals surface area contributed by atoms with Crippen LogP contribution in [-0.4, -0.2) is 11.7 Å². The van der Waals surface area contributed by atoms with Gasteiger partial charge in [-0.05, 0) is 66.0 Å². The summed E-state index contributed by atoms with van der Waals surface area (Å²) in [5, 5.41) is 8.91. The number of aryl methyl sites for hydroxylation is 3. The zero-order chi connectivity index (χ0) is 19.1. The first-order chi connectivity index (χ1) is 13.2. The monoisotopic (exact) mass is 358 g/mol. The number of hydrogen-bond donors (Lipinski definition) is 1. The molecule has 0 bridgehead atoms. The Kier molecular flexibility index (Phi) is 6.84. The first kappa shape index (κ1) is 19.4. The highest BCUT2D eigenvalue weighted by atomic mass is 16.2. The maximum absolute atomic E-state index is 8.91. The van der Waals surface area contributed by atoms with E-state index in [-0.39, 0.29) is 0 Å². The molecule has 0 atom stereocenters. The van der Waals surface area contributed by atoms with Gasteiger partial charge in [0.2, 0.25) is 0 Å². The zero-order valence-electron chi connectivity index (χ0n) is 16.5. The molecule has 1 nitrogen and oxygen atoms in total. The van der Waals surface area contributed by atoms with Gasteiger partial charge in [-0.25, -0.2) is 0 Å². The van der Waals surface area contributed by atoms with Crippen LogP contribution in [0.5, 0.6) is 0 Å². The minimum absolute atomic E-state index is 0.303. The van der Waals surface area contributed by atoms with Gasteiger partial charge in [-0.3, -0.25) is 0 Å². The standard InChI is InChI=1S/C26H30O/c1-3-22-19-21(7-5-4-6-18-27)10-17-26(22)25-15-13-24(14-16-25)23-11-8-20(2)9-12-23/h8-17,19,27H,3-7,18H2,1-2H3. The first-order valence-electron chi connectivity index (χ1n) is 10.1. The van der Waals surface area contributed by atoms with Gasteiger partial charge in [0.05, 0.1) is 0 Å². The molecule has 0 saturated carbocycles. The SMILES string of the molecule is CCc1cc(CCCCCO)ccc1-c1ccc(-c2ccc(C)cc2)cc1. The van der Waals surface area contributed by atoms with Crippen LogP contribution in [0.4, 0.5) is 0 Å². The van der Waals surface area contributed by atoms with Gasteiger partial charge >= 0.3 is 0 Å². The Labute approximate surface area is 163 Å².